The first kappa shape index (κ1) is 19.3. The second-order valence-corrected chi connectivity index (χ2v) is 7.86. The number of alkyl carbamates (subject to hydrolysis) is 1. The topological polar surface area (TPSA) is 38.3 Å². The minimum Gasteiger partial charge on any atom is -0.445 e. The Morgan fingerprint density at radius 2 is 1.62 bits per heavy atom. The zero-order valence-electron chi connectivity index (χ0n) is 16.8. The van der Waals surface area contributed by atoms with E-state index in [-0.39, 0.29) is 11.5 Å². The van der Waals surface area contributed by atoms with Gasteiger partial charge in [0, 0.05) is 12.0 Å². The third-order valence-electron chi connectivity index (χ3n) is 6.26. The molecule has 0 radical (unpaired) electrons. The molecule has 1 aliphatic rings. The molecule has 0 spiro atoms. The van der Waals surface area contributed by atoms with E-state index in [0.717, 1.165) is 18.4 Å². The van der Waals surface area contributed by atoms with E-state index in [0.29, 0.717) is 19.1 Å². The number of benzene rings is 3. The van der Waals surface area contributed by atoms with E-state index in [1.165, 1.54) is 16.7 Å². The Kier molecular flexibility index (Phi) is 5.66. The van der Waals surface area contributed by atoms with Crippen LogP contribution in [0.3, 0.4) is 0 Å². The van der Waals surface area contributed by atoms with Gasteiger partial charge in [-0.25, -0.2) is 4.79 Å². The smallest absolute Gasteiger partial charge is 0.407 e. The normalized spacial score (nSPS) is 20.1. The standard InChI is InChI=1S/C26H27NO2/c1-20-24-15-9-8-12-22(24)18-26(20,23-13-6-3-7-14-23)16-17-27-25(28)29-19-21-10-4-2-5-11-21/h2-15,20H,16-19H2,1H3,(H,27,28)/t20-,26+/m1/s1. The Morgan fingerprint density at radius 1 is 0.966 bits per heavy atom. The van der Waals surface area contributed by atoms with E-state index >= 15 is 0 Å². The minimum absolute atomic E-state index is 0.0162. The highest BCUT2D eigenvalue weighted by atomic mass is 16.5. The molecule has 0 heterocycles. The fourth-order valence-corrected chi connectivity index (χ4v) is 4.64. The van der Waals surface area contributed by atoms with Crippen LogP contribution in [0, 0.1) is 0 Å². The van der Waals surface area contributed by atoms with Gasteiger partial charge in [0.25, 0.3) is 0 Å². The molecule has 0 fully saturated rings. The Bertz CT molecular complexity index is 955. The first-order valence-electron chi connectivity index (χ1n) is 10.3. The van der Waals surface area contributed by atoms with Crippen molar-refractivity contribution in [1.82, 2.24) is 5.32 Å². The zero-order chi connectivity index (χ0) is 20.1. The largest absolute Gasteiger partial charge is 0.445 e. The summed E-state index contributed by atoms with van der Waals surface area (Å²) in [6.07, 6.45) is 1.50. The molecule has 1 aliphatic carbocycles. The lowest BCUT2D eigenvalue weighted by atomic mass is 9.69. The first-order chi connectivity index (χ1) is 14.2. The fraction of sp³-hybridized carbons (Fsp3) is 0.269. The second-order valence-electron chi connectivity index (χ2n) is 7.86. The van der Waals surface area contributed by atoms with Crippen LogP contribution < -0.4 is 5.32 Å². The van der Waals surface area contributed by atoms with Crippen LogP contribution in [0.2, 0.25) is 0 Å². The summed E-state index contributed by atoms with van der Waals surface area (Å²) in [7, 11) is 0. The summed E-state index contributed by atoms with van der Waals surface area (Å²) >= 11 is 0. The van der Waals surface area contributed by atoms with Crippen molar-refractivity contribution < 1.29 is 9.53 Å². The summed E-state index contributed by atoms with van der Waals surface area (Å²) in [6.45, 7) is 3.19. The Balaban J connectivity index is 1.43. The minimum atomic E-state index is -0.361. The van der Waals surface area contributed by atoms with Gasteiger partial charge in [-0.05, 0) is 41.0 Å². The fourth-order valence-electron chi connectivity index (χ4n) is 4.64. The highest BCUT2D eigenvalue weighted by molar-refractivity contribution is 5.67. The predicted molar refractivity (Wildman–Crippen MR) is 116 cm³/mol. The van der Waals surface area contributed by atoms with Crippen LogP contribution in [-0.2, 0) is 23.2 Å². The van der Waals surface area contributed by atoms with Gasteiger partial charge in [-0.1, -0.05) is 91.9 Å². The van der Waals surface area contributed by atoms with Crippen molar-refractivity contribution in [2.45, 2.75) is 37.7 Å². The lowest BCUT2D eigenvalue weighted by Gasteiger charge is -2.35. The van der Waals surface area contributed by atoms with Crippen LogP contribution in [0.5, 0.6) is 0 Å². The number of nitrogens with one attached hydrogen (secondary N) is 1. The van der Waals surface area contributed by atoms with E-state index in [9.17, 15) is 4.79 Å². The van der Waals surface area contributed by atoms with Gasteiger partial charge in [-0.3, -0.25) is 0 Å². The molecule has 3 aromatic carbocycles. The van der Waals surface area contributed by atoms with Crippen molar-refractivity contribution in [3.63, 3.8) is 0 Å². The van der Waals surface area contributed by atoms with E-state index in [2.05, 4.69) is 66.8 Å². The van der Waals surface area contributed by atoms with E-state index in [1.54, 1.807) is 0 Å². The summed E-state index contributed by atoms with van der Waals surface area (Å²) in [5, 5.41) is 2.96. The molecule has 4 rings (SSSR count). The van der Waals surface area contributed by atoms with Crippen molar-refractivity contribution in [3.8, 4) is 0 Å². The maximum Gasteiger partial charge on any atom is 0.407 e. The molecule has 3 heteroatoms. The molecule has 29 heavy (non-hydrogen) atoms. The number of amides is 1. The Morgan fingerprint density at radius 3 is 2.34 bits per heavy atom. The molecule has 2 atom stereocenters. The van der Waals surface area contributed by atoms with Crippen molar-refractivity contribution in [2.24, 2.45) is 0 Å². The lowest BCUT2D eigenvalue weighted by molar-refractivity contribution is 0.138. The van der Waals surface area contributed by atoms with Crippen molar-refractivity contribution in [1.29, 1.82) is 0 Å². The maximum atomic E-state index is 12.2. The van der Waals surface area contributed by atoms with Gasteiger partial charge in [-0.2, -0.15) is 0 Å². The molecule has 148 valence electrons. The number of carbonyl (C=O) groups excluding carboxylic acids is 1. The van der Waals surface area contributed by atoms with Crippen LogP contribution >= 0.6 is 0 Å². The molecule has 0 unspecified atom stereocenters. The molecule has 0 saturated carbocycles. The predicted octanol–water partition coefficient (Wildman–Crippen LogP) is 5.60. The number of ether oxygens (including phenoxy) is 1. The summed E-state index contributed by atoms with van der Waals surface area (Å²) < 4.78 is 5.37. The summed E-state index contributed by atoms with van der Waals surface area (Å²) in [6, 6.07) is 29.2. The molecular weight excluding hydrogens is 358 g/mol. The molecule has 0 saturated heterocycles. The SMILES string of the molecule is C[C@@H]1c2ccccc2C[C@]1(CCNC(=O)OCc1ccccc1)c1ccccc1. The van der Waals surface area contributed by atoms with E-state index in [4.69, 9.17) is 4.74 Å². The van der Waals surface area contributed by atoms with Crippen LogP contribution in [0.15, 0.2) is 84.9 Å². The number of carbonyl (C=O) groups is 1. The molecule has 1 amide bonds. The van der Waals surface area contributed by atoms with Gasteiger partial charge in [0.05, 0.1) is 0 Å². The molecule has 0 bridgehead atoms. The third-order valence-corrected chi connectivity index (χ3v) is 6.26. The number of rotatable bonds is 6. The van der Waals surface area contributed by atoms with Gasteiger partial charge in [0.2, 0.25) is 0 Å². The van der Waals surface area contributed by atoms with Crippen LogP contribution in [0.1, 0.15) is 41.5 Å². The van der Waals surface area contributed by atoms with Gasteiger partial charge in [0.1, 0.15) is 6.61 Å². The Labute approximate surface area is 172 Å². The van der Waals surface area contributed by atoms with E-state index < -0.39 is 0 Å². The molecule has 0 aromatic heterocycles. The third kappa shape index (κ3) is 4.04. The van der Waals surface area contributed by atoms with Gasteiger partial charge < -0.3 is 10.1 Å². The molecule has 1 N–H and O–H groups in total. The van der Waals surface area contributed by atoms with Crippen molar-refractivity contribution in [3.05, 3.63) is 107 Å². The monoisotopic (exact) mass is 385 g/mol. The zero-order valence-corrected chi connectivity index (χ0v) is 16.8. The molecule has 3 aromatic rings. The summed E-state index contributed by atoms with van der Waals surface area (Å²) in [5.41, 5.74) is 5.14. The van der Waals surface area contributed by atoms with Crippen molar-refractivity contribution in [2.75, 3.05) is 6.54 Å². The summed E-state index contributed by atoms with van der Waals surface area (Å²) in [4.78, 5) is 12.2. The Hall–Kier alpha value is -3.07. The average molecular weight is 386 g/mol. The molecular formula is C26H27NO2. The van der Waals surface area contributed by atoms with Gasteiger partial charge in [-0.15, -0.1) is 0 Å². The highest BCUT2D eigenvalue weighted by Crippen LogP contribution is 2.50. The quantitative estimate of drug-likeness (QED) is 0.600. The first-order valence-corrected chi connectivity index (χ1v) is 10.3. The summed E-state index contributed by atoms with van der Waals surface area (Å²) in [5.74, 6) is 0.392. The molecule has 0 aliphatic heterocycles. The lowest BCUT2D eigenvalue weighted by Crippen LogP contribution is -2.36. The van der Waals surface area contributed by atoms with E-state index in [1.807, 2.05) is 30.3 Å². The molecule has 3 nitrogen and oxygen atoms in total. The van der Waals surface area contributed by atoms with Gasteiger partial charge >= 0.3 is 6.09 Å². The van der Waals surface area contributed by atoms with Crippen LogP contribution in [0.4, 0.5) is 4.79 Å². The average Bonchev–Trinajstić information content (AvgIpc) is 3.06. The number of fused-ring (bicyclic) bond motifs is 1. The highest BCUT2D eigenvalue weighted by Gasteiger charge is 2.44. The number of hydrogen-bond acceptors (Lipinski definition) is 2. The number of hydrogen-bond donors (Lipinski definition) is 1. The van der Waals surface area contributed by atoms with Crippen LogP contribution in [-0.4, -0.2) is 12.6 Å². The second kappa shape index (κ2) is 8.52. The van der Waals surface area contributed by atoms with Gasteiger partial charge in [0.15, 0.2) is 0 Å². The maximum absolute atomic E-state index is 12.2. The van der Waals surface area contributed by atoms with Crippen molar-refractivity contribution >= 4 is 6.09 Å². The van der Waals surface area contributed by atoms with Crippen LogP contribution in [0.25, 0.3) is 0 Å².